The first kappa shape index (κ1) is 20.2. The average Bonchev–Trinajstić information content (AvgIpc) is 3.24. The summed E-state index contributed by atoms with van der Waals surface area (Å²) in [6.07, 6.45) is 5.25. The van der Waals surface area contributed by atoms with Crippen LogP contribution in [0.1, 0.15) is 64.5 Å². The van der Waals surface area contributed by atoms with E-state index < -0.39 is 0 Å². The molecule has 0 N–H and O–H groups in total. The van der Waals surface area contributed by atoms with Crippen LogP contribution in [0, 0.1) is 18.3 Å². The van der Waals surface area contributed by atoms with Crippen LogP contribution in [0.4, 0.5) is 5.69 Å². The van der Waals surface area contributed by atoms with Crippen molar-refractivity contribution in [3.8, 4) is 6.07 Å². The highest BCUT2D eigenvalue weighted by Gasteiger charge is 2.40. The van der Waals surface area contributed by atoms with E-state index in [1.54, 1.807) is 0 Å². The molecule has 1 heterocycles. The number of aliphatic imine (C=N–C) groups is 1. The highest BCUT2D eigenvalue weighted by atomic mass is 32.2. The molecule has 1 aromatic carbocycles. The largest absolute Gasteiger partial charge is 0.371 e. The molecule has 1 aromatic rings. The number of nitriles is 1. The Labute approximate surface area is 168 Å². The van der Waals surface area contributed by atoms with Crippen LogP contribution in [0.5, 0.6) is 0 Å². The van der Waals surface area contributed by atoms with Crippen LogP contribution in [0.2, 0.25) is 0 Å². The maximum atomic E-state index is 9.10. The number of hydrogen-bond donors (Lipinski definition) is 0. The van der Waals surface area contributed by atoms with Gasteiger partial charge in [-0.1, -0.05) is 24.6 Å². The minimum atomic E-state index is -0.144. The molecule has 2 atom stereocenters. The van der Waals surface area contributed by atoms with Crippen molar-refractivity contribution >= 4 is 22.6 Å². The Hall–Kier alpha value is -1.51. The summed E-state index contributed by atoms with van der Waals surface area (Å²) >= 11 is 1.84. The summed E-state index contributed by atoms with van der Waals surface area (Å²) in [4.78, 5) is 7.58. The van der Waals surface area contributed by atoms with Crippen LogP contribution in [-0.4, -0.2) is 39.6 Å². The van der Waals surface area contributed by atoms with Gasteiger partial charge in [0.2, 0.25) is 0 Å². The lowest BCUT2D eigenvalue weighted by Crippen LogP contribution is -2.48. The summed E-state index contributed by atoms with van der Waals surface area (Å²) < 4.78 is 6.32. The standard InChI is InChI=1S/C22H31N3OS/c1-15-12-17(13-23)10-11-19(15)24-21-25(18-8-6-7-9-18)20(14-27-21)16(2)26-22(3,4)5/h10-12,16,18,20H,6-9,14H2,1-5H3/t16-,20+/m0/s1. The second-order valence-corrected chi connectivity index (χ2v) is 9.65. The van der Waals surface area contributed by atoms with Gasteiger partial charge in [0.05, 0.1) is 35.1 Å². The molecule has 4 nitrogen and oxygen atoms in total. The van der Waals surface area contributed by atoms with E-state index in [0.717, 1.165) is 22.2 Å². The SMILES string of the molecule is Cc1cc(C#N)ccc1N=C1SC[C@H]([C@H](C)OC(C)(C)C)N1C1CCCC1. The topological polar surface area (TPSA) is 48.6 Å². The van der Waals surface area contributed by atoms with E-state index in [-0.39, 0.29) is 11.7 Å². The lowest BCUT2D eigenvalue weighted by Gasteiger charge is -2.37. The Morgan fingerprint density at radius 2 is 2.00 bits per heavy atom. The smallest absolute Gasteiger partial charge is 0.165 e. The molecule has 1 aliphatic heterocycles. The summed E-state index contributed by atoms with van der Waals surface area (Å²) in [5.74, 6) is 1.02. The third-order valence-corrected chi connectivity index (χ3v) is 6.37. The normalized spacial score (nSPS) is 23.8. The van der Waals surface area contributed by atoms with E-state index >= 15 is 0 Å². The van der Waals surface area contributed by atoms with Gasteiger partial charge in [0, 0.05) is 11.8 Å². The number of hydrogen-bond acceptors (Lipinski definition) is 4. The molecule has 27 heavy (non-hydrogen) atoms. The zero-order valence-corrected chi connectivity index (χ0v) is 18.0. The van der Waals surface area contributed by atoms with Gasteiger partial charge in [0.25, 0.3) is 0 Å². The van der Waals surface area contributed by atoms with Crippen molar-refractivity contribution < 1.29 is 4.74 Å². The molecule has 2 fully saturated rings. The lowest BCUT2D eigenvalue weighted by atomic mass is 10.1. The van der Waals surface area contributed by atoms with Crippen molar-refractivity contribution in [3.05, 3.63) is 29.3 Å². The minimum Gasteiger partial charge on any atom is -0.371 e. The molecule has 1 saturated carbocycles. The zero-order valence-electron chi connectivity index (χ0n) is 17.2. The Morgan fingerprint density at radius 3 is 2.59 bits per heavy atom. The summed E-state index contributed by atoms with van der Waals surface area (Å²) in [6, 6.07) is 8.87. The number of ether oxygens (including phenoxy) is 1. The van der Waals surface area contributed by atoms with Crippen LogP contribution in [0.25, 0.3) is 0 Å². The van der Waals surface area contributed by atoms with Gasteiger partial charge >= 0.3 is 0 Å². The van der Waals surface area contributed by atoms with Crippen molar-refractivity contribution in [2.24, 2.45) is 4.99 Å². The number of benzene rings is 1. The first-order valence-electron chi connectivity index (χ1n) is 9.97. The molecule has 0 amide bonds. The predicted molar refractivity (Wildman–Crippen MR) is 114 cm³/mol. The van der Waals surface area contributed by atoms with E-state index in [4.69, 9.17) is 15.0 Å². The van der Waals surface area contributed by atoms with E-state index in [2.05, 4.69) is 38.7 Å². The van der Waals surface area contributed by atoms with Crippen molar-refractivity contribution in [3.63, 3.8) is 0 Å². The molecule has 0 bridgehead atoms. The lowest BCUT2D eigenvalue weighted by molar-refractivity contribution is -0.0763. The van der Waals surface area contributed by atoms with Crippen LogP contribution in [0.15, 0.2) is 23.2 Å². The zero-order chi connectivity index (χ0) is 19.6. The van der Waals surface area contributed by atoms with E-state index in [0.29, 0.717) is 17.6 Å². The van der Waals surface area contributed by atoms with Gasteiger partial charge in [-0.15, -0.1) is 0 Å². The molecular weight excluding hydrogens is 354 g/mol. The molecule has 0 unspecified atom stereocenters. The summed E-state index contributed by atoms with van der Waals surface area (Å²) in [7, 11) is 0. The van der Waals surface area contributed by atoms with Gasteiger partial charge in [-0.2, -0.15) is 5.26 Å². The Bertz CT molecular complexity index is 741. The van der Waals surface area contributed by atoms with Crippen LogP contribution in [-0.2, 0) is 4.74 Å². The van der Waals surface area contributed by atoms with Crippen molar-refractivity contribution in [1.29, 1.82) is 5.26 Å². The Morgan fingerprint density at radius 1 is 1.30 bits per heavy atom. The monoisotopic (exact) mass is 385 g/mol. The first-order chi connectivity index (χ1) is 12.8. The Balaban J connectivity index is 1.89. The van der Waals surface area contributed by atoms with Gasteiger partial charge in [0.1, 0.15) is 0 Å². The number of thioether (sulfide) groups is 1. The fourth-order valence-corrected chi connectivity index (χ4v) is 5.46. The maximum Gasteiger partial charge on any atom is 0.165 e. The van der Waals surface area contributed by atoms with E-state index in [9.17, 15) is 0 Å². The van der Waals surface area contributed by atoms with E-state index in [1.165, 1.54) is 25.7 Å². The highest BCUT2D eigenvalue weighted by Crippen LogP contribution is 2.37. The molecule has 5 heteroatoms. The molecule has 2 aliphatic rings. The van der Waals surface area contributed by atoms with Crippen molar-refractivity contribution in [2.75, 3.05) is 5.75 Å². The van der Waals surface area contributed by atoms with Crippen LogP contribution < -0.4 is 0 Å². The summed E-state index contributed by atoms with van der Waals surface area (Å²) in [6.45, 7) is 10.6. The quantitative estimate of drug-likeness (QED) is 0.694. The number of nitrogens with zero attached hydrogens (tertiary/aromatic N) is 3. The van der Waals surface area contributed by atoms with Gasteiger partial charge in [-0.05, 0) is 71.2 Å². The fraction of sp³-hybridized carbons (Fsp3) is 0.636. The summed E-state index contributed by atoms with van der Waals surface area (Å²) in [5.41, 5.74) is 2.56. The van der Waals surface area contributed by atoms with Gasteiger partial charge in [-0.3, -0.25) is 0 Å². The average molecular weight is 386 g/mol. The number of aryl methyl sites for hydroxylation is 1. The molecule has 0 radical (unpaired) electrons. The minimum absolute atomic E-state index is 0.144. The highest BCUT2D eigenvalue weighted by molar-refractivity contribution is 8.14. The number of rotatable bonds is 4. The third-order valence-electron chi connectivity index (χ3n) is 5.30. The van der Waals surface area contributed by atoms with Crippen LogP contribution in [0.3, 0.4) is 0 Å². The second kappa shape index (κ2) is 8.24. The third kappa shape index (κ3) is 4.86. The fourth-order valence-electron chi connectivity index (χ4n) is 4.11. The first-order valence-corrected chi connectivity index (χ1v) is 11.0. The predicted octanol–water partition coefficient (Wildman–Crippen LogP) is 5.42. The van der Waals surface area contributed by atoms with Gasteiger partial charge in [-0.25, -0.2) is 4.99 Å². The second-order valence-electron chi connectivity index (χ2n) is 8.67. The molecule has 3 rings (SSSR count). The molecule has 0 aromatic heterocycles. The van der Waals surface area contributed by atoms with Gasteiger partial charge < -0.3 is 9.64 Å². The van der Waals surface area contributed by atoms with Crippen molar-refractivity contribution in [1.82, 2.24) is 4.90 Å². The van der Waals surface area contributed by atoms with Crippen molar-refractivity contribution in [2.45, 2.75) is 84.1 Å². The van der Waals surface area contributed by atoms with E-state index in [1.807, 2.05) is 36.9 Å². The molecule has 0 spiro atoms. The molecule has 146 valence electrons. The number of amidine groups is 1. The summed E-state index contributed by atoms with van der Waals surface area (Å²) in [5, 5.41) is 10.2. The maximum absolute atomic E-state index is 9.10. The molecule has 1 aliphatic carbocycles. The Kier molecular flexibility index (Phi) is 6.18. The molecular formula is C22H31N3OS. The van der Waals surface area contributed by atoms with Crippen LogP contribution >= 0.6 is 11.8 Å². The van der Waals surface area contributed by atoms with Gasteiger partial charge in [0.15, 0.2) is 5.17 Å². The molecule has 1 saturated heterocycles.